The van der Waals surface area contributed by atoms with Crippen LogP contribution in [-0.2, 0) is 4.79 Å². The van der Waals surface area contributed by atoms with Crippen LogP contribution < -0.4 is 15.5 Å². The van der Waals surface area contributed by atoms with Crippen molar-refractivity contribution in [2.45, 2.75) is 12.6 Å². The van der Waals surface area contributed by atoms with Crippen molar-refractivity contribution in [1.82, 2.24) is 5.32 Å². The lowest BCUT2D eigenvalue weighted by Crippen LogP contribution is -2.54. The summed E-state index contributed by atoms with van der Waals surface area (Å²) in [5.41, 5.74) is 0.881. The van der Waals surface area contributed by atoms with Crippen LogP contribution in [0.1, 0.15) is 16.8 Å². The second-order valence-corrected chi connectivity index (χ2v) is 5.41. The predicted molar refractivity (Wildman–Crippen MR) is 87.4 cm³/mol. The summed E-state index contributed by atoms with van der Waals surface area (Å²) in [5, 5.41) is 14.2. The number of halogens is 1. The van der Waals surface area contributed by atoms with Gasteiger partial charge in [-0.15, -0.1) is 0 Å². The number of carbonyl (C=O) groups is 3. The normalized spacial score (nSPS) is 17.2. The molecule has 7 nitrogen and oxygen atoms in total. The van der Waals surface area contributed by atoms with E-state index in [1.807, 2.05) is 0 Å². The van der Waals surface area contributed by atoms with Crippen LogP contribution in [0.2, 0.25) is 0 Å². The van der Waals surface area contributed by atoms with Crippen LogP contribution in [0.3, 0.4) is 0 Å². The highest BCUT2D eigenvalue weighted by molar-refractivity contribution is 6.16. The topological polar surface area (TPSA) is 98.7 Å². The van der Waals surface area contributed by atoms with E-state index in [9.17, 15) is 23.9 Å². The van der Waals surface area contributed by atoms with Gasteiger partial charge < -0.3 is 15.7 Å². The van der Waals surface area contributed by atoms with Crippen molar-refractivity contribution in [3.63, 3.8) is 0 Å². The van der Waals surface area contributed by atoms with E-state index in [1.54, 1.807) is 12.1 Å². The molecule has 128 valence electrons. The lowest BCUT2D eigenvalue weighted by atomic mass is 10.2. The highest BCUT2D eigenvalue weighted by Crippen LogP contribution is 2.23. The zero-order valence-electron chi connectivity index (χ0n) is 12.9. The first kappa shape index (κ1) is 16.6. The Bertz CT molecular complexity index is 820. The molecule has 8 heteroatoms. The van der Waals surface area contributed by atoms with Crippen molar-refractivity contribution in [2.24, 2.45) is 0 Å². The van der Waals surface area contributed by atoms with Gasteiger partial charge >= 0.3 is 6.03 Å². The number of hydrogen-bond acceptors (Lipinski definition) is 4. The number of benzene rings is 2. The molecule has 0 aliphatic carbocycles. The molecule has 1 aliphatic heterocycles. The maximum absolute atomic E-state index is 12.9. The largest absolute Gasteiger partial charge is 0.373 e. The van der Waals surface area contributed by atoms with Crippen LogP contribution in [0.4, 0.5) is 20.6 Å². The fraction of sp³-hybridized carbons (Fsp3) is 0.118. The Morgan fingerprint density at radius 3 is 2.60 bits per heavy atom. The molecule has 0 radical (unpaired) electrons. The Morgan fingerprint density at radius 1 is 1.20 bits per heavy atom. The molecular weight excluding hydrogens is 329 g/mol. The van der Waals surface area contributed by atoms with E-state index in [4.69, 9.17) is 0 Å². The fourth-order valence-electron chi connectivity index (χ4n) is 2.42. The summed E-state index contributed by atoms with van der Waals surface area (Å²) in [7, 11) is 0. The van der Waals surface area contributed by atoms with E-state index in [0.717, 1.165) is 4.90 Å². The number of amides is 4. The van der Waals surface area contributed by atoms with Gasteiger partial charge in [-0.25, -0.2) is 14.1 Å². The zero-order chi connectivity index (χ0) is 18.0. The molecular formula is C17H14FN3O4. The van der Waals surface area contributed by atoms with Crippen molar-refractivity contribution < 1.29 is 23.9 Å². The van der Waals surface area contributed by atoms with Gasteiger partial charge in [-0.3, -0.25) is 9.59 Å². The molecule has 2 aromatic rings. The minimum Gasteiger partial charge on any atom is -0.373 e. The summed E-state index contributed by atoms with van der Waals surface area (Å²) in [5.74, 6) is -1.46. The van der Waals surface area contributed by atoms with Gasteiger partial charge in [0.25, 0.3) is 5.91 Å². The molecule has 4 amide bonds. The average Bonchev–Trinajstić information content (AvgIpc) is 2.55. The second-order valence-electron chi connectivity index (χ2n) is 5.41. The van der Waals surface area contributed by atoms with Crippen LogP contribution >= 0.6 is 0 Å². The van der Waals surface area contributed by atoms with E-state index in [0.29, 0.717) is 5.69 Å². The molecule has 1 aliphatic rings. The van der Waals surface area contributed by atoms with Crippen LogP contribution in [0.25, 0.3) is 0 Å². The molecule has 25 heavy (non-hydrogen) atoms. The number of nitrogens with one attached hydrogen (secondary N) is 2. The number of carbonyl (C=O) groups excluding carboxylic acids is 3. The summed E-state index contributed by atoms with van der Waals surface area (Å²) >= 11 is 0. The maximum atomic E-state index is 12.9. The monoisotopic (exact) mass is 343 g/mol. The molecule has 1 fully saturated rings. The fourth-order valence-corrected chi connectivity index (χ4v) is 2.42. The van der Waals surface area contributed by atoms with Gasteiger partial charge in [0.2, 0.25) is 5.91 Å². The Labute approximate surface area is 142 Å². The third-order valence-electron chi connectivity index (χ3n) is 3.58. The molecule has 0 aromatic heterocycles. The first-order valence-corrected chi connectivity index (χ1v) is 7.42. The van der Waals surface area contributed by atoms with Gasteiger partial charge in [-0.1, -0.05) is 6.07 Å². The minimum atomic E-state index is -1.21. The van der Waals surface area contributed by atoms with Crippen molar-refractivity contribution in [2.75, 3.05) is 10.2 Å². The van der Waals surface area contributed by atoms with Gasteiger partial charge in [0, 0.05) is 11.3 Å². The number of imide groups is 1. The van der Waals surface area contributed by atoms with Gasteiger partial charge in [0.15, 0.2) is 0 Å². The Balaban J connectivity index is 1.79. The van der Waals surface area contributed by atoms with Crippen molar-refractivity contribution >= 4 is 29.2 Å². The van der Waals surface area contributed by atoms with E-state index in [-0.39, 0.29) is 17.7 Å². The first-order valence-electron chi connectivity index (χ1n) is 7.42. The molecule has 0 bridgehead atoms. The van der Waals surface area contributed by atoms with Crippen molar-refractivity contribution in [1.29, 1.82) is 0 Å². The molecule has 1 heterocycles. The third-order valence-corrected chi connectivity index (χ3v) is 3.58. The number of aliphatic hydroxyl groups is 1. The Kier molecular flexibility index (Phi) is 4.44. The highest BCUT2D eigenvalue weighted by atomic mass is 19.1. The summed E-state index contributed by atoms with van der Waals surface area (Å²) in [6.07, 6.45) is -1.45. The molecule has 3 N–H and O–H groups in total. The molecule has 1 atom stereocenters. The van der Waals surface area contributed by atoms with E-state index >= 15 is 0 Å². The lowest BCUT2D eigenvalue weighted by Gasteiger charge is -2.28. The first-order chi connectivity index (χ1) is 11.9. The number of urea groups is 1. The van der Waals surface area contributed by atoms with E-state index < -0.39 is 29.9 Å². The summed E-state index contributed by atoms with van der Waals surface area (Å²) in [6, 6.07) is 10.4. The highest BCUT2D eigenvalue weighted by Gasteiger charge is 2.32. The predicted octanol–water partition coefficient (Wildman–Crippen LogP) is 1.84. The van der Waals surface area contributed by atoms with E-state index in [2.05, 4.69) is 10.6 Å². The van der Waals surface area contributed by atoms with Gasteiger partial charge in [0.1, 0.15) is 12.0 Å². The van der Waals surface area contributed by atoms with E-state index in [1.165, 1.54) is 36.4 Å². The quantitative estimate of drug-likeness (QED) is 0.792. The molecule has 0 spiro atoms. The smallest absolute Gasteiger partial charge is 0.330 e. The summed E-state index contributed by atoms with van der Waals surface area (Å²) < 4.78 is 12.9. The molecule has 2 aromatic carbocycles. The molecule has 3 rings (SSSR count). The van der Waals surface area contributed by atoms with Gasteiger partial charge in [-0.05, 0) is 42.5 Å². The number of rotatable bonds is 3. The Hall–Kier alpha value is -3.26. The number of hydrogen-bond donors (Lipinski definition) is 3. The van der Waals surface area contributed by atoms with Crippen molar-refractivity contribution in [3.8, 4) is 0 Å². The molecule has 0 saturated carbocycles. The standard InChI is InChI=1S/C17H14FN3O4/c18-11-6-4-10(5-7-11)16(24)19-12-2-1-3-13(8-12)21-15(23)9-14(22)20-17(21)25/h1-8,14,22H,9H2,(H,19,24)(H,20,25). The number of aliphatic hydroxyl groups excluding tert-OH is 1. The summed E-state index contributed by atoms with van der Waals surface area (Å²) in [6.45, 7) is 0. The average molecular weight is 343 g/mol. The lowest BCUT2D eigenvalue weighted by molar-refractivity contribution is -0.121. The second kappa shape index (κ2) is 6.70. The zero-order valence-corrected chi connectivity index (χ0v) is 12.9. The van der Waals surface area contributed by atoms with Gasteiger partial charge in [-0.2, -0.15) is 0 Å². The SMILES string of the molecule is O=C(Nc1cccc(N2C(=O)CC(O)NC2=O)c1)c1ccc(F)cc1. The van der Waals surface area contributed by atoms with Crippen molar-refractivity contribution in [3.05, 3.63) is 59.9 Å². The van der Waals surface area contributed by atoms with Crippen LogP contribution in [0, 0.1) is 5.82 Å². The minimum absolute atomic E-state index is 0.238. The number of nitrogens with zero attached hydrogens (tertiary/aromatic N) is 1. The molecule has 1 unspecified atom stereocenters. The maximum Gasteiger partial charge on any atom is 0.330 e. The number of anilines is 2. The van der Waals surface area contributed by atoms with Crippen LogP contribution in [0.5, 0.6) is 0 Å². The van der Waals surface area contributed by atoms with Crippen LogP contribution in [0.15, 0.2) is 48.5 Å². The Morgan fingerprint density at radius 2 is 1.92 bits per heavy atom. The summed E-state index contributed by atoms with van der Waals surface area (Å²) in [4.78, 5) is 36.9. The third kappa shape index (κ3) is 3.64. The van der Waals surface area contributed by atoms with Gasteiger partial charge in [0.05, 0.1) is 12.1 Å². The molecule has 1 saturated heterocycles. The van der Waals surface area contributed by atoms with Crippen LogP contribution in [-0.4, -0.2) is 29.2 Å².